The molecular weight excluding hydrogens is 314 g/mol. The number of anilines is 1. The molecule has 2 N–H and O–H groups in total. The van der Waals surface area contributed by atoms with Crippen molar-refractivity contribution in [2.24, 2.45) is 5.92 Å². The van der Waals surface area contributed by atoms with Crippen LogP contribution in [0.1, 0.15) is 23.2 Å². The first-order valence-electron chi connectivity index (χ1n) is 6.00. The zero-order valence-electron chi connectivity index (χ0n) is 10.2. The molecule has 19 heavy (non-hydrogen) atoms. The van der Waals surface area contributed by atoms with Crippen LogP contribution in [0.15, 0.2) is 22.7 Å². The largest absolute Gasteiger partial charge is 0.478 e. The molecule has 1 fully saturated rings. The van der Waals surface area contributed by atoms with Gasteiger partial charge in [0.15, 0.2) is 0 Å². The van der Waals surface area contributed by atoms with Gasteiger partial charge in [0.2, 0.25) is 5.91 Å². The highest BCUT2D eigenvalue weighted by molar-refractivity contribution is 9.10. The molecule has 1 aliphatic rings. The zero-order chi connectivity index (χ0) is 13.8. The molecule has 1 amide bonds. The van der Waals surface area contributed by atoms with Crippen LogP contribution in [0.25, 0.3) is 0 Å². The van der Waals surface area contributed by atoms with Crippen molar-refractivity contribution in [3.63, 3.8) is 0 Å². The fourth-order valence-electron chi connectivity index (χ4n) is 2.00. The van der Waals surface area contributed by atoms with E-state index in [1.165, 1.54) is 6.07 Å². The first kappa shape index (κ1) is 14.0. The molecule has 1 saturated heterocycles. The molecule has 6 heteroatoms. The van der Waals surface area contributed by atoms with Gasteiger partial charge in [-0.05, 0) is 40.9 Å². The van der Waals surface area contributed by atoms with E-state index in [4.69, 9.17) is 9.84 Å². The number of hydrogen-bond acceptors (Lipinski definition) is 3. The maximum Gasteiger partial charge on any atom is 0.337 e. The van der Waals surface area contributed by atoms with Crippen molar-refractivity contribution >= 4 is 33.5 Å². The van der Waals surface area contributed by atoms with Gasteiger partial charge in [0.1, 0.15) is 0 Å². The average Bonchev–Trinajstić information content (AvgIpc) is 2.41. The van der Waals surface area contributed by atoms with Gasteiger partial charge in [-0.3, -0.25) is 4.79 Å². The third-order valence-corrected chi connectivity index (χ3v) is 3.68. The number of carbonyl (C=O) groups is 2. The number of para-hydroxylation sites is 1. The fourth-order valence-corrected chi connectivity index (χ4v) is 2.47. The van der Waals surface area contributed by atoms with Gasteiger partial charge in [0, 0.05) is 11.1 Å². The standard InChI is InChI=1S/C13H14BrNO4/c14-10-5-1-4-9(13(17)18)11(10)15-12(16)8-3-2-6-19-7-8/h1,4-5,8H,2-3,6-7H2,(H,15,16)(H,17,18). The van der Waals surface area contributed by atoms with E-state index in [1.807, 2.05) is 0 Å². The second-order valence-corrected chi connectivity index (χ2v) is 5.23. The molecule has 1 aromatic carbocycles. The number of carbonyl (C=O) groups excluding carboxylic acids is 1. The highest BCUT2D eigenvalue weighted by Crippen LogP contribution is 2.27. The maximum atomic E-state index is 12.1. The van der Waals surface area contributed by atoms with E-state index in [2.05, 4.69) is 21.2 Å². The third kappa shape index (κ3) is 3.33. The molecule has 0 radical (unpaired) electrons. The van der Waals surface area contributed by atoms with Gasteiger partial charge in [-0.1, -0.05) is 6.07 Å². The molecule has 0 bridgehead atoms. The van der Waals surface area contributed by atoms with E-state index in [-0.39, 0.29) is 17.4 Å². The van der Waals surface area contributed by atoms with Crippen LogP contribution in [0.2, 0.25) is 0 Å². The fraction of sp³-hybridized carbons (Fsp3) is 0.385. The Balaban J connectivity index is 2.18. The number of carboxylic acid groups (broad SMARTS) is 1. The summed E-state index contributed by atoms with van der Waals surface area (Å²) in [4.78, 5) is 23.2. The van der Waals surface area contributed by atoms with Gasteiger partial charge in [0.05, 0.1) is 23.8 Å². The lowest BCUT2D eigenvalue weighted by atomic mass is 10.0. The smallest absolute Gasteiger partial charge is 0.337 e. The molecule has 1 unspecified atom stereocenters. The van der Waals surface area contributed by atoms with Gasteiger partial charge in [-0.2, -0.15) is 0 Å². The minimum atomic E-state index is -1.07. The molecule has 5 nitrogen and oxygen atoms in total. The van der Waals surface area contributed by atoms with Crippen LogP contribution in [0, 0.1) is 5.92 Å². The van der Waals surface area contributed by atoms with Crippen LogP contribution in [0.3, 0.4) is 0 Å². The minimum absolute atomic E-state index is 0.0689. The lowest BCUT2D eigenvalue weighted by Crippen LogP contribution is -2.30. The second kappa shape index (κ2) is 6.16. The lowest BCUT2D eigenvalue weighted by molar-refractivity contribution is -0.123. The van der Waals surface area contributed by atoms with Crippen LogP contribution in [-0.4, -0.2) is 30.2 Å². The summed E-state index contributed by atoms with van der Waals surface area (Å²) in [6.45, 7) is 1.07. The summed E-state index contributed by atoms with van der Waals surface area (Å²) in [5, 5.41) is 11.8. The molecule has 1 aliphatic heterocycles. The number of ether oxygens (including phenoxy) is 1. The number of carboxylic acids is 1. The van der Waals surface area contributed by atoms with Crippen molar-refractivity contribution in [3.8, 4) is 0 Å². The van der Waals surface area contributed by atoms with Crippen molar-refractivity contribution in [2.45, 2.75) is 12.8 Å². The SMILES string of the molecule is O=C(O)c1cccc(Br)c1NC(=O)C1CCCOC1. The quantitative estimate of drug-likeness (QED) is 0.894. The Kier molecular flexibility index (Phi) is 4.55. The van der Waals surface area contributed by atoms with Crippen molar-refractivity contribution in [1.82, 2.24) is 0 Å². The van der Waals surface area contributed by atoms with Crippen molar-refractivity contribution < 1.29 is 19.4 Å². The van der Waals surface area contributed by atoms with E-state index < -0.39 is 5.97 Å². The number of benzene rings is 1. The summed E-state index contributed by atoms with van der Waals surface area (Å²) in [5.74, 6) is -1.49. The van der Waals surface area contributed by atoms with Crippen LogP contribution in [-0.2, 0) is 9.53 Å². The second-order valence-electron chi connectivity index (χ2n) is 4.37. The number of amides is 1. The molecular formula is C13H14BrNO4. The first-order valence-corrected chi connectivity index (χ1v) is 6.79. The number of hydrogen-bond donors (Lipinski definition) is 2. The topological polar surface area (TPSA) is 75.6 Å². The van der Waals surface area contributed by atoms with Gasteiger partial charge >= 0.3 is 5.97 Å². The molecule has 0 aromatic heterocycles. The molecule has 0 aliphatic carbocycles. The molecule has 2 rings (SSSR count). The van der Waals surface area contributed by atoms with Gasteiger partial charge in [-0.25, -0.2) is 4.79 Å². The van der Waals surface area contributed by atoms with Gasteiger partial charge < -0.3 is 15.2 Å². The highest BCUT2D eigenvalue weighted by atomic mass is 79.9. The number of halogens is 1. The van der Waals surface area contributed by atoms with E-state index in [9.17, 15) is 9.59 Å². The summed E-state index contributed by atoms with van der Waals surface area (Å²) in [6.07, 6.45) is 1.61. The average molecular weight is 328 g/mol. The predicted octanol–water partition coefficient (Wildman–Crippen LogP) is 2.51. The highest BCUT2D eigenvalue weighted by Gasteiger charge is 2.24. The molecule has 0 saturated carbocycles. The Bertz CT molecular complexity index is 497. The monoisotopic (exact) mass is 327 g/mol. The van der Waals surface area contributed by atoms with Crippen molar-refractivity contribution in [3.05, 3.63) is 28.2 Å². The molecule has 1 heterocycles. The normalized spacial score (nSPS) is 18.9. The number of rotatable bonds is 3. The summed E-state index contributed by atoms with van der Waals surface area (Å²) >= 11 is 3.26. The number of aromatic carboxylic acids is 1. The Labute approximate surface area is 119 Å². The lowest BCUT2D eigenvalue weighted by Gasteiger charge is -2.22. The molecule has 102 valence electrons. The van der Waals surface area contributed by atoms with Gasteiger partial charge in [0.25, 0.3) is 0 Å². The van der Waals surface area contributed by atoms with Gasteiger partial charge in [-0.15, -0.1) is 0 Å². The Morgan fingerprint density at radius 2 is 2.21 bits per heavy atom. The predicted molar refractivity (Wildman–Crippen MR) is 73.3 cm³/mol. The number of nitrogens with one attached hydrogen (secondary N) is 1. The van der Waals surface area contributed by atoms with E-state index in [0.717, 1.165) is 12.8 Å². The van der Waals surface area contributed by atoms with E-state index >= 15 is 0 Å². The van der Waals surface area contributed by atoms with E-state index in [1.54, 1.807) is 12.1 Å². The Morgan fingerprint density at radius 1 is 1.42 bits per heavy atom. The van der Waals surface area contributed by atoms with Crippen LogP contribution in [0.5, 0.6) is 0 Å². The summed E-state index contributed by atoms with van der Waals surface area (Å²) in [6, 6.07) is 4.77. The molecule has 0 spiro atoms. The van der Waals surface area contributed by atoms with E-state index in [0.29, 0.717) is 23.4 Å². The Hall–Kier alpha value is -1.40. The summed E-state index contributed by atoms with van der Waals surface area (Å²) < 4.78 is 5.81. The van der Waals surface area contributed by atoms with Crippen LogP contribution in [0.4, 0.5) is 5.69 Å². The summed E-state index contributed by atoms with van der Waals surface area (Å²) in [5.41, 5.74) is 0.366. The van der Waals surface area contributed by atoms with Crippen molar-refractivity contribution in [1.29, 1.82) is 0 Å². The minimum Gasteiger partial charge on any atom is -0.478 e. The first-order chi connectivity index (χ1) is 9.09. The Morgan fingerprint density at radius 3 is 2.84 bits per heavy atom. The van der Waals surface area contributed by atoms with Crippen molar-refractivity contribution in [2.75, 3.05) is 18.5 Å². The third-order valence-electron chi connectivity index (χ3n) is 3.02. The van der Waals surface area contributed by atoms with Crippen LogP contribution < -0.4 is 5.32 Å². The molecule has 1 aromatic rings. The van der Waals surface area contributed by atoms with Crippen LogP contribution >= 0.6 is 15.9 Å². The maximum absolute atomic E-state index is 12.1. The summed E-state index contributed by atoms with van der Waals surface area (Å²) in [7, 11) is 0. The zero-order valence-corrected chi connectivity index (χ0v) is 11.8. The molecule has 1 atom stereocenters.